The van der Waals surface area contributed by atoms with Gasteiger partial charge in [-0.2, -0.15) is 0 Å². The molecule has 0 aliphatic carbocycles. The molecule has 1 unspecified atom stereocenters. The number of ether oxygens (including phenoxy) is 1. The zero-order valence-electron chi connectivity index (χ0n) is 17.0. The van der Waals surface area contributed by atoms with Crippen molar-refractivity contribution in [1.29, 1.82) is 0 Å². The largest absolute Gasteiger partial charge is 0.493 e. The van der Waals surface area contributed by atoms with Crippen molar-refractivity contribution >= 4 is 22.8 Å². The van der Waals surface area contributed by atoms with Crippen molar-refractivity contribution in [1.82, 2.24) is 20.4 Å². The molecule has 1 amide bonds. The molecule has 31 heavy (non-hydrogen) atoms. The summed E-state index contributed by atoms with van der Waals surface area (Å²) in [6.45, 7) is 2.28. The number of carbonyl (C=O) groups excluding carboxylic acids is 1. The van der Waals surface area contributed by atoms with E-state index in [4.69, 9.17) is 9.94 Å². The fraction of sp³-hybridized carbons (Fsp3) is 0.174. The number of hydroxylamine groups is 1. The lowest BCUT2D eigenvalue weighted by atomic mass is 10.1. The van der Waals surface area contributed by atoms with Gasteiger partial charge in [-0.05, 0) is 48.4 Å². The van der Waals surface area contributed by atoms with Crippen LogP contribution in [0.3, 0.4) is 0 Å². The fourth-order valence-electron chi connectivity index (χ4n) is 3.29. The third kappa shape index (κ3) is 4.81. The third-order valence-electron chi connectivity index (χ3n) is 4.97. The van der Waals surface area contributed by atoms with E-state index in [9.17, 15) is 4.79 Å². The summed E-state index contributed by atoms with van der Waals surface area (Å²) in [4.78, 5) is 23.2. The Morgan fingerprint density at radius 2 is 1.90 bits per heavy atom. The number of nitrogens with zero attached hydrogens (tertiary/aromatic N) is 2. The lowest BCUT2D eigenvalue weighted by Crippen LogP contribution is -2.20. The normalized spacial score (nSPS) is 11.8. The van der Waals surface area contributed by atoms with E-state index >= 15 is 0 Å². The Kier molecular flexibility index (Phi) is 6.09. The van der Waals surface area contributed by atoms with Gasteiger partial charge in [0.15, 0.2) is 0 Å². The molecule has 8 nitrogen and oxygen atoms in total. The highest BCUT2D eigenvalue weighted by atomic mass is 16.5. The van der Waals surface area contributed by atoms with Crippen molar-refractivity contribution < 1.29 is 14.7 Å². The minimum atomic E-state index is -0.484. The number of aromatic nitrogens is 3. The summed E-state index contributed by atoms with van der Waals surface area (Å²) in [5.74, 6) is 0.928. The summed E-state index contributed by atoms with van der Waals surface area (Å²) in [6.07, 6.45) is 1.62. The number of fused-ring (bicyclic) bond motifs is 1. The molecule has 0 spiro atoms. The van der Waals surface area contributed by atoms with Gasteiger partial charge in [-0.25, -0.2) is 15.4 Å². The molecule has 2 heterocycles. The van der Waals surface area contributed by atoms with E-state index in [2.05, 4.69) is 39.3 Å². The summed E-state index contributed by atoms with van der Waals surface area (Å²) < 4.78 is 5.52. The van der Waals surface area contributed by atoms with E-state index in [0.29, 0.717) is 5.75 Å². The minimum absolute atomic E-state index is 0.0795. The Morgan fingerprint density at radius 3 is 2.65 bits per heavy atom. The second kappa shape index (κ2) is 9.27. The molecule has 0 fully saturated rings. The maximum Gasteiger partial charge on any atom is 0.246 e. The molecule has 1 atom stereocenters. The zero-order chi connectivity index (χ0) is 21.6. The number of aromatic amines is 1. The molecule has 4 rings (SSSR count). The van der Waals surface area contributed by atoms with Crippen LogP contribution >= 0.6 is 0 Å². The summed E-state index contributed by atoms with van der Waals surface area (Å²) in [5.41, 5.74) is 5.40. The molecule has 2 aromatic carbocycles. The van der Waals surface area contributed by atoms with Crippen molar-refractivity contribution in [2.75, 3.05) is 11.9 Å². The molecule has 0 radical (unpaired) electrons. The quantitative estimate of drug-likeness (QED) is 0.254. The first kappa shape index (κ1) is 20.4. The number of hydrogen-bond donors (Lipinski definition) is 4. The molecule has 4 aromatic rings. The highest BCUT2D eigenvalue weighted by Gasteiger charge is 2.12. The fourth-order valence-corrected chi connectivity index (χ4v) is 3.29. The number of nitrogens with one attached hydrogen (secondary N) is 3. The Hall–Kier alpha value is -3.91. The van der Waals surface area contributed by atoms with Crippen LogP contribution in [-0.4, -0.2) is 32.7 Å². The Labute approximate surface area is 179 Å². The molecular weight excluding hydrogens is 394 g/mol. The number of benzene rings is 2. The molecule has 158 valence electrons. The number of amides is 1. The number of carbonyl (C=O) groups is 1. The van der Waals surface area contributed by atoms with Crippen molar-refractivity contribution in [2.24, 2.45) is 0 Å². The molecule has 0 aliphatic heterocycles. The van der Waals surface area contributed by atoms with Gasteiger partial charge in [0.2, 0.25) is 5.91 Å². The molecular formula is C23H23N5O3. The van der Waals surface area contributed by atoms with Gasteiger partial charge in [0.1, 0.15) is 23.5 Å². The first-order valence-electron chi connectivity index (χ1n) is 9.95. The van der Waals surface area contributed by atoms with Crippen LogP contribution in [0.1, 0.15) is 24.9 Å². The molecule has 4 N–H and O–H groups in total. The highest BCUT2D eigenvalue weighted by molar-refractivity contribution is 5.91. The van der Waals surface area contributed by atoms with Gasteiger partial charge in [-0.1, -0.05) is 30.3 Å². The van der Waals surface area contributed by atoms with Crippen LogP contribution in [0.5, 0.6) is 5.75 Å². The number of hydrogen-bond acceptors (Lipinski definition) is 6. The van der Waals surface area contributed by atoms with Crippen LogP contribution in [0, 0.1) is 0 Å². The van der Waals surface area contributed by atoms with Crippen molar-refractivity contribution in [3.63, 3.8) is 0 Å². The van der Waals surface area contributed by atoms with E-state index in [1.807, 2.05) is 48.5 Å². The van der Waals surface area contributed by atoms with E-state index in [1.165, 1.54) is 5.56 Å². The molecule has 8 heteroatoms. The van der Waals surface area contributed by atoms with Crippen molar-refractivity contribution in [3.05, 3.63) is 72.6 Å². The standard InChI is InChI=1S/C23H23N5O3/c1-15(16-5-3-2-4-6-16)26-22-19-13-20(27-23(19)25-14-24-22)17-7-9-18(10-8-17)31-12-11-21(29)28-30/h2-10,13-15,30H,11-12H2,1H3,(H,28,29)(H2,24,25,26,27). The van der Waals surface area contributed by atoms with Crippen LogP contribution in [0.2, 0.25) is 0 Å². The van der Waals surface area contributed by atoms with E-state index in [0.717, 1.165) is 28.1 Å². The number of rotatable bonds is 8. The van der Waals surface area contributed by atoms with E-state index in [1.54, 1.807) is 11.8 Å². The maximum absolute atomic E-state index is 11.0. The van der Waals surface area contributed by atoms with E-state index in [-0.39, 0.29) is 19.1 Å². The molecule has 0 saturated carbocycles. The van der Waals surface area contributed by atoms with Gasteiger partial charge >= 0.3 is 0 Å². The second-order valence-corrected chi connectivity index (χ2v) is 7.10. The van der Waals surface area contributed by atoms with Gasteiger partial charge in [0.05, 0.1) is 18.4 Å². The SMILES string of the molecule is CC(Nc1ncnc2[nH]c(-c3ccc(OCCC(=O)NO)cc3)cc12)c1ccccc1. The van der Waals surface area contributed by atoms with Crippen LogP contribution in [0.25, 0.3) is 22.3 Å². The molecule has 2 aromatic heterocycles. The summed E-state index contributed by atoms with van der Waals surface area (Å²) in [7, 11) is 0. The lowest BCUT2D eigenvalue weighted by molar-refractivity contribution is -0.129. The summed E-state index contributed by atoms with van der Waals surface area (Å²) in [5, 5.41) is 12.9. The van der Waals surface area contributed by atoms with Gasteiger partial charge in [-0.3, -0.25) is 10.0 Å². The van der Waals surface area contributed by atoms with Gasteiger partial charge in [0.25, 0.3) is 0 Å². The first-order valence-corrected chi connectivity index (χ1v) is 9.95. The third-order valence-corrected chi connectivity index (χ3v) is 4.97. The smallest absolute Gasteiger partial charge is 0.246 e. The zero-order valence-corrected chi connectivity index (χ0v) is 17.0. The average molecular weight is 417 g/mol. The average Bonchev–Trinajstić information content (AvgIpc) is 3.25. The van der Waals surface area contributed by atoms with Crippen molar-refractivity contribution in [3.8, 4) is 17.0 Å². The number of H-pyrrole nitrogens is 1. The number of anilines is 1. The summed E-state index contributed by atoms with van der Waals surface area (Å²) >= 11 is 0. The van der Waals surface area contributed by atoms with Crippen LogP contribution in [-0.2, 0) is 4.79 Å². The molecule has 0 bridgehead atoms. The molecule has 0 saturated heterocycles. The predicted octanol–water partition coefficient (Wildman–Crippen LogP) is 4.07. The van der Waals surface area contributed by atoms with Gasteiger partial charge < -0.3 is 15.0 Å². The van der Waals surface area contributed by atoms with Gasteiger partial charge in [-0.15, -0.1) is 0 Å². The summed E-state index contributed by atoms with van der Waals surface area (Å²) in [6, 6.07) is 19.9. The highest BCUT2D eigenvalue weighted by Crippen LogP contribution is 2.29. The van der Waals surface area contributed by atoms with Crippen molar-refractivity contribution in [2.45, 2.75) is 19.4 Å². The maximum atomic E-state index is 11.0. The van der Waals surface area contributed by atoms with Crippen LogP contribution < -0.4 is 15.5 Å². The monoisotopic (exact) mass is 417 g/mol. The first-order chi connectivity index (χ1) is 15.1. The predicted molar refractivity (Wildman–Crippen MR) is 118 cm³/mol. The Bertz CT molecular complexity index is 1160. The van der Waals surface area contributed by atoms with Gasteiger partial charge in [0, 0.05) is 11.7 Å². The van der Waals surface area contributed by atoms with Crippen LogP contribution in [0.4, 0.5) is 5.82 Å². The van der Waals surface area contributed by atoms with Crippen LogP contribution in [0.15, 0.2) is 67.0 Å². The lowest BCUT2D eigenvalue weighted by Gasteiger charge is -2.15. The molecule has 0 aliphatic rings. The second-order valence-electron chi connectivity index (χ2n) is 7.10. The van der Waals surface area contributed by atoms with E-state index < -0.39 is 5.91 Å². The Morgan fingerprint density at radius 1 is 1.13 bits per heavy atom. The Balaban J connectivity index is 1.50. The minimum Gasteiger partial charge on any atom is -0.493 e. The topological polar surface area (TPSA) is 112 Å².